The van der Waals surface area contributed by atoms with Crippen molar-refractivity contribution in [3.63, 3.8) is 0 Å². The lowest BCUT2D eigenvalue weighted by atomic mass is 10.2. The molecule has 0 spiro atoms. The number of aryl methyl sites for hydroxylation is 1. The molecule has 0 saturated carbocycles. The highest BCUT2D eigenvalue weighted by atomic mass is 35.5. The number of carbonyl (C=O) groups excluding carboxylic acids is 2. The summed E-state index contributed by atoms with van der Waals surface area (Å²) < 4.78 is 23.8. The molecule has 2 aromatic carbocycles. The van der Waals surface area contributed by atoms with Crippen LogP contribution in [0.3, 0.4) is 0 Å². The van der Waals surface area contributed by atoms with Gasteiger partial charge in [-0.15, -0.1) is 0 Å². The van der Waals surface area contributed by atoms with E-state index in [9.17, 15) is 14.0 Å². The minimum Gasteiger partial charge on any atom is -0.482 e. The van der Waals surface area contributed by atoms with Crippen LogP contribution in [0.25, 0.3) is 0 Å². The molecule has 0 aliphatic rings. The van der Waals surface area contributed by atoms with Gasteiger partial charge in [0.05, 0.1) is 5.69 Å². The zero-order chi connectivity index (χ0) is 18.4. The fraction of sp³-hybridized carbons (Fsp3) is 0.222. The first-order valence-corrected chi connectivity index (χ1v) is 7.88. The molecule has 0 bridgehead atoms. The third-order valence-corrected chi connectivity index (χ3v) is 3.72. The van der Waals surface area contributed by atoms with Crippen LogP contribution in [0.1, 0.15) is 12.5 Å². The first kappa shape index (κ1) is 18.7. The topological polar surface area (TPSA) is 64.6 Å². The number of hydrogen-bond acceptors (Lipinski definition) is 4. The number of para-hydroxylation sites is 1. The van der Waals surface area contributed by atoms with Crippen molar-refractivity contribution < 1.29 is 23.5 Å². The van der Waals surface area contributed by atoms with Gasteiger partial charge in [-0.25, -0.2) is 9.18 Å². The number of anilines is 1. The number of carbonyl (C=O) groups is 2. The van der Waals surface area contributed by atoms with Gasteiger partial charge in [0.1, 0.15) is 11.6 Å². The predicted octanol–water partition coefficient (Wildman–Crippen LogP) is 3.74. The fourth-order valence-electron chi connectivity index (χ4n) is 1.93. The van der Waals surface area contributed by atoms with Crippen LogP contribution in [0.5, 0.6) is 5.75 Å². The van der Waals surface area contributed by atoms with Crippen LogP contribution in [0, 0.1) is 12.7 Å². The van der Waals surface area contributed by atoms with E-state index in [4.69, 9.17) is 21.1 Å². The second-order valence-electron chi connectivity index (χ2n) is 5.30. The van der Waals surface area contributed by atoms with Crippen molar-refractivity contribution in [3.8, 4) is 5.75 Å². The summed E-state index contributed by atoms with van der Waals surface area (Å²) in [4.78, 5) is 23.7. The summed E-state index contributed by atoms with van der Waals surface area (Å²) in [6, 6.07) is 10.7. The molecule has 0 aromatic heterocycles. The second kappa shape index (κ2) is 8.48. The molecule has 0 unspecified atom stereocenters. The molecule has 0 aliphatic heterocycles. The van der Waals surface area contributed by atoms with Crippen molar-refractivity contribution in [1.82, 2.24) is 0 Å². The molecule has 1 N–H and O–H groups in total. The minimum absolute atomic E-state index is 0.0169. The summed E-state index contributed by atoms with van der Waals surface area (Å²) in [5.74, 6) is -1.47. The third-order valence-electron chi connectivity index (χ3n) is 3.30. The standard InChI is InChI=1S/C18H17ClFNO4/c1-11-9-13(7-8-14(11)19)24-10-17(22)25-12(2)18(23)21-16-6-4-3-5-15(16)20/h3-9,12H,10H2,1-2H3,(H,21,23)/t12-/m0/s1. The molecule has 132 valence electrons. The Hall–Kier alpha value is -2.60. The Bertz CT molecular complexity index is 781. The lowest BCUT2D eigenvalue weighted by Gasteiger charge is -2.14. The Kier molecular flexibility index (Phi) is 6.36. The predicted molar refractivity (Wildman–Crippen MR) is 92.3 cm³/mol. The molecule has 2 aromatic rings. The van der Waals surface area contributed by atoms with Gasteiger partial charge in [-0.2, -0.15) is 0 Å². The molecule has 0 aliphatic carbocycles. The highest BCUT2D eigenvalue weighted by molar-refractivity contribution is 6.31. The SMILES string of the molecule is Cc1cc(OCC(=O)O[C@@H](C)C(=O)Nc2ccccc2F)ccc1Cl. The molecule has 7 heteroatoms. The van der Waals surface area contributed by atoms with Crippen molar-refractivity contribution in [1.29, 1.82) is 0 Å². The number of esters is 1. The van der Waals surface area contributed by atoms with E-state index in [1.807, 2.05) is 6.92 Å². The highest BCUT2D eigenvalue weighted by Crippen LogP contribution is 2.21. The zero-order valence-corrected chi connectivity index (χ0v) is 14.5. The van der Waals surface area contributed by atoms with Gasteiger partial charge in [0, 0.05) is 5.02 Å². The molecule has 1 amide bonds. The second-order valence-corrected chi connectivity index (χ2v) is 5.71. The summed E-state index contributed by atoms with van der Waals surface area (Å²) >= 11 is 5.91. The van der Waals surface area contributed by atoms with Crippen molar-refractivity contribution >= 4 is 29.2 Å². The Morgan fingerprint density at radius 1 is 1.24 bits per heavy atom. The maximum absolute atomic E-state index is 13.5. The van der Waals surface area contributed by atoms with E-state index in [1.54, 1.807) is 24.3 Å². The fourth-order valence-corrected chi connectivity index (χ4v) is 2.05. The van der Waals surface area contributed by atoms with E-state index < -0.39 is 23.8 Å². The Balaban J connectivity index is 1.83. The summed E-state index contributed by atoms with van der Waals surface area (Å²) in [5, 5.41) is 2.95. The number of amides is 1. The van der Waals surface area contributed by atoms with Crippen molar-refractivity contribution in [2.24, 2.45) is 0 Å². The molecular formula is C18H17ClFNO4. The van der Waals surface area contributed by atoms with Gasteiger partial charge in [0.15, 0.2) is 12.7 Å². The summed E-state index contributed by atoms with van der Waals surface area (Å²) in [6.07, 6.45) is -1.09. The van der Waals surface area contributed by atoms with E-state index in [0.29, 0.717) is 10.8 Å². The Morgan fingerprint density at radius 3 is 2.64 bits per heavy atom. The monoisotopic (exact) mass is 365 g/mol. The number of hydrogen-bond donors (Lipinski definition) is 1. The van der Waals surface area contributed by atoms with E-state index in [2.05, 4.69) is 5.32 Å². The van der Waals surface area contributed by atoms with Crippen molar-refractivity contribution in [3.05, 3.63) is 58.9 Å². The number of rotatable bonds is 6. The highest BCUT2D eigenvalue weighted by Gasteiger charge is 2.19. The summed E-state index contributed by atoms with van der Waals surface area (Å²) in [7, 11) is 0. The van der Waals surface area contributed by atoms with Crippen LogP contribution >= 0.6 is 11.6 Å². The van der Waals surface area contributed by atoms with Gasteiger partial charge in [0.25, 0.3) is 5.91 Å². The lowest BCUT2D eigenvalue weighted by Crippen LogP contribution is -2.31. The largest absolute Gasteiger partial charge is 0.482 e. The van der Waals surface area contributed by atoms with Gasteiger partial charge >= 0.3 is 5.97 Å². The van der Waals surface area contributed by atoms with Crippen LogP contribution in [-0.4, -0.2) is 24.6 Å². The number of halogens is 2. The smallest absolute Gasteiger partial charge is 0.344 e. The third kappa shape index (κ3) is 5.46. The van der Waals surface area contributed by atoms with E-state index in [1.165, 1.54) is 25.1 Å². The molecular weight excluding hydrogens is 349 g/mol. The molecule has 5 nitrogen and oxygen atoms in total. The molecule has 0 fully saturated rings. The van der Waals surface area contributed by atoms with Crippen LogP contribution in [-0.2, 0) is 14.3 Å². The van der Waals surface area contributed by atoms with Crippen LogP contribution in [0.15, 0.2) is 42.5 Å². The summed E-state index contributed by atoms with van der Waals surface area (Å²) in [6.45, 7) is 2.83. The van der Waals surface area contributed by atoms with Crippen molar-refractivity contribution in [2.45, 2.75) is 20.0 Å². The Morgan fingerprint density at radius 2 is 1.96 bits per heavy atom. The average Bonchev–Trinajstić information content (AvgIpc) is 2.58. The first-order valence-electron chi connectivity index (χ1n) is 7.50. The maximum atomic E-state index is 13.5. The molecule has 0 saturated heterocycles. The van der Waals surface area contributed by atoms with E-state index in [-0.39, 0.29) is 12.3 Å². The minimum atomic E-state index is -1.09. The average molecular weight is 366 g/mol. The lowest BCUT2D eigenvalue weighted by molar-refractivity contribution is -0.155. The van der Waals surface area contributed by atoms with Crippen LogP contribution < -0.4 is 10.1 Å². The van der Waals surface area contributed by atoms with Gasteiger partial charge < -0.3 is 14.8 Å². The first-order chi connectivity index (χ1) is 11.9. The van der Waals surface area contributed by atoms with Gasteiger partial charge in [-0.05, 0) is 49.7 Å². The van der Waals surface area contributed by atoms with Gasteiger partial charge in [-0.1, -0.05) is 23.7 Å². The van der Waals surface area contributed by atoms with Crippen LogP contribution in [0.2, 0.25) is 5.02 Å². The van der Waals surface area contributed by atoms with Gasteiger partial charge in [-0.3, -0.25) is 4.79 Å². The molecule has 0 heterocycles. The number of ether oxygens (including phenoxy) is 2. The molecule has 2 rings (SSSR count). The van der Waals surface area contributed by atoms with E-state index >= 15 is 0 Å². The van der Waals surface area contributed by atoms with Crippen molar-refractivity contribution in [2.75, 3.05) is 11.9 Å². The van der Waals surface area contributed by atoms with E-state index in [0.717, 1.165) is 5.56 Å². The van der Waals surface area contributed by atoms with Gasteiger partial charge in [0.2, 0.25) is 0 Å². The molecule has 1 atom stereocenters. The number of benzene rings is 2. The Labute approximate surface area is 149 Å². The maximum Gasteiger partial charge on any atom is 0.344 e. The number of nitrogens with one attached hydrogen (secondary N) is 1. The normalized spacial score (nSPS) is 11.5. The summed E-state index contributed by atoms with van der Waals surface area (Å²) in [5.41, 5.74) is 0.827. The molecule has 25 heavy (non-hydrogen) atoms. The zero-order valence-electron chi connectivity index (χ0n) is 13.7. The molecule has 0 radical (unpaired) electrons. The quantitative estimate of drug-likeness (QED) is 0.792. The van der Waals surface area contributed by atoms with Crippen LogP contribution in [0.4, 0.5) is 10.1 Å².